The summed E-state index contributed by atoms with van der Waals surface area (Å²) in [5.74, 6) is -0.0749. The van der Waals surface area contributed by atoms with Gasteiger partial charge in [0.25, 0.3) is 0 Å². The summed E-state index contributed by atoms with van der Waals surface area (Å²) in [7, 11) is 0. The first-order chi connectivity index (χ1) is 8.02. The summed E-state index contributed by atoms with van der Waals surface area (Å²) in [6, 6.07) is 0. The summed E-state index contributed by atoms with van der Waals surface area (Å²) in [4.78, 5) is 14.5. The largest absolute Gasteiger partial charge is 0.329 e. The maximum atomic E-state index is 11.0. The van der Waals surface area contributed by atoms with Crippen LogP contribution < -0.4 is 0 Å². The van der Waals surface area contributed by atoms with E-state index in [0.717, 1.165) is 0 Å². The molecule has 0 fully saturated rings. The maximum Gasteiger partial charge on any atom is 0.329 e. The highest BCUT2D eigenvalue weighted by molar-refractivity contribution is 7.12. The predicted molar refractivity (Wildman–Crippen MR) is 65.0 cm³/mol. The van der Waals surface area contributed by atoms with Gasteiger partial charge in [-0.2, -0.15) is 9.78 Å². The molecule has 2 rings (SSSR count). The van der Waals surface area contributed by atoms with E-state index in [-0.39, 0.29) is 16.8 Å². The van der Waals surface area contributed by atoms with Gasteiger partial charge in [0.15, 0.2) is 0 Å². The average Bonchev–Trinajstić information content (AvgIpc) is 2.83. The second-order valence-electron chi connectivity index (χ2n) is 3.66. The van der Waals surface area contributed by atoms with Gasteiger partial charge in [-0.05, 0) is 0 Å². The third-order valence-electron chi connectivity index (χ3n) is 2.16. The molecule has 2 aromatic heterocycles. The summed E-state index contributed by atoms with van der Waals surface area (Å²) in [6.07, 6.45) is 1.60. The van der Waals surface area contributed by atoms with Crippen molar-refractivity contribution in [1.29, 1.82) is 0 Å². The molecule has 0 radical (unpaired) electrons. The van der Waals surface area contributed by atoms with Gasteiger partial charge < -0.3 is 0 Å². The van der Waals surface area contributed by atoms with E-state index in [1.807, 2.05) is 13.8 Å². The predicted octanol–water partition coefficient (Wildman–Crippen LogP) is 3.01. The average molecular weight is 273 g/mol. The zero-order valence-corrected chi connectivity index (χ0v) is 10.7. The van der Waals surface area contributed by atoms with Crippen LogP contribution in [0.1, 0.15) is 25.5 Å². The van der Waals surface area contributed by atoms with Crippen molar-refractivity contribution >= 4 is 28.6 Å². The van der Waals surface area contributed by atoms with E-state index in [0.29, 0.717) is 10.8 Å². The zero-order valence-electron chi connectivity index (χ0n) is 9.12. The van der Waals surface area contributed by atoms with Crippen molar-refractivity contribution < 1.29 is 4.92 Å². The van der Waals surface area contributed by atoms with Crippen LogP contribution >= 0.6 is 22.9 Å². The molecule has 0 unspecified atom stereocenters. The number of aromatic nitrogens is 3. The minimum atomic E-state index is -0.505. The van der Waals surface area contributed by atoms with Crippen LogP contribution in [0.15, 0.2) is 11.6 Å². The molecule has 0 aliphatic carbocycles. The lowest BCUT2D eigenvalue weighted by molar-refractivity contribution is -0.385. The molecule has 6 nitrogen and oxygen atoms in total. The van der Waals surface area contributed by atoms with E-state index in [9.17, 15) is 10.1 Å². The van der Waals surface area contributed by atoms with Crippen molar-refractivity contribution in [3.8, 4) is 5.13 Å². The summed E-state index contributed by atoms with van der Waals surface area (Å²) in [5, 5.41) is 17.4. The maximum absolute atomic E-state index is 11.0. The fourth-order valence-corrected chi connectivity index (χ4v) is 2.34. The number of rotatable bonds is 3. The van der Waals surface area contributed by atoms with Gasteiger partial charge in [0, 0.05) is 17.5 Å². The third kappa shape index (κ3) is 2.03. The van der Waals surface area contributed by atoms with Crippen LogP contribution in [0.3, 0.4) is 0 Å². The molecule has 8 heteroatoms. The Balaban J connectivity index is 2.64. The molecule has 0 spiro atoms. The Morgan fingerprint density at radius 2 is 2.29 bits per heavy atom. The first-order valence-electron chi connectivity index (χ1n) is 4.85. The van der Waals surface area contributed by atoms with Gasteiger partial charge in [0.2, 0.25) is 10.3 Å². The van der Waals surface area contributed by atoms with Crippen molar-refractivity contribution in [3.05, 3.63) is 32.5 Å². The monoisotopic (exact) mass is 272 g/mol. The molecular weight excluding hydrogens is 264 g/mol. The summed E-state index contributed by atoms with van der Waals surface area (Å²) < 4.78 is 1.31. The molecule has 2 aromatic rings. The number of thiazole rings is 1. The quantitative estimate of drug-likeness (QED) is 0.636. The molecule has 0 atom stereocenters. The first-order valence-corrected chi connectivity index (χ1v) is 6.10. The van der Waals surface area contributed by atoms with Crippen LogP contribution in [-0.2, 0) is 0 Å². The minimum Gasteiger partial charge on any atom is -0.258 e. The summed E-state index contributed by atoms with van der Waals surface area (Å²) in [6.45, 7) is 3.66. The van der Waals surface area contributed by atoms with Crippen molar-refractivity contribution in [2.45, 2.75) is 19.8 Å². The Morgan fingerprint density at radius 3 is 2.71 bits per heavy atom. The van der Waals surface area contributed by atoms with E-state index >= 15 is 0 Å². The molecular formula is C9H9ClN4O2S. The standard InChI is InChI=1S/C9H9ClN4O2S/c1-5(2)6-7(14(15)16)8(10)13(12-6)9-11-3-4-17-9/h3-5H,1-2H3. The molecule has 0 aromatic carbocycles. The molecule has 17 heavy (non-hydrogen) atoms. The van der Waals surface area contributed by atoms with Crippen molar-refractivity contribution in [2.24, 2.45) is 0 Å². The SMILES string of the molecule is CC(C)c1nn(-c2nccs2)c(Cl)c1[N+](=O)[O-]. The molecule has 0 aliphatic rings. The van der Waals surface area contributed by atoms with E-state index < -0.39 is 4.92 Å². The van der Waals surface area contributed by atoms with Crippen LogP contribution in [-0.4, -0.2) is 19.7 Å². The lowest BCUT2D eigenvalue weighted by Gasteiger charge is -1.97. The number of nitro groups is 1. The van der Waals surface area contributed by atoms with Crippen LogP contribution in [0.4, 0.5) is 5.69 Å². The normalized spacial score (nSPS) is 11.1. The van der Waals surface area contributed by atoms with Crippen LogP contribution in [0.2, 0.25) is 5.15 Å². The first kappa shape index (κ1) is 12.0. The molecule has 2 heterocycles. The smallest absolute Gasteiger partial charge is 0.258 e. The van der Waals surface area contributed by atoms with Gasteiger partial charge in [-0.25, -0.2) is 4.98 Å². The molecule has 0 saturated carbocycles. The van der Waals surface area contributed by atoms with Gasteiger partial charge in [-0.1, -0.05) is 25.4 Å². The lowest BCUT2D eigenvalue weighted by atomic mass is 10.1. The van der Waals surface area contributed by atoms with Gasteiger partial charge in [0.05, 0.1) is 4.92 Å². The van der Waals surface area contributed by atoms with E-state index in [2.05, 4.69) is 10.1 Å². The molecule has 90 valence electrons. The Bertz CT molecular complexity index is 550. The Morgan fingerprint density at radius 1 is 1.59 bits per heavy atom. The Hall–Kier alpha value is -1.47. The van der Waals surface area contributed by atoms with Crippen LogP contribution in [0.5, 0.6) is 0 Å². The van der Waals surface area contributed by atoms with Crippen LogP contribution in [0.25, 0.3) is 5.13 Å². The number of halogens is 1. The fraction of sp³-hybridized carbons (Fsp3) is 0.333. The zero-order chi connectivity index (χ0) is 12.6. The summed E-state index contributed by atoms with van der Waals surface area (Å²) >= 11 is 7.30. The second-order valence-corrected chi connectivity index (χ2v) is 4.89. The molecule has 0 N–H and O–H groups in total. The Labute approximate surface area is 106 Å². The minimum absolute atomic E-state index is 0.00588. The molecule has 0 saturated heterocycles. The topological polar surface area (TPSA) is 73.8 Å². The number of nitrogens with zero attached hydrogens (tertiary/aromatic N) is 4. The lowest BCUT2D eigenvalue weighted by Crippen LogP contribution is -1.97. The van der Waals surface area contributed by atoms with Gasteiger partial charge >= 0.3 is 5.69 Å². The van der Waals surface area contributed by atoms with E-state index in [4.69, 9.17) is 11.6 Å². The van der Waals surface area contributed by atoms with Gasteiger partial charge in [-0.3, -0.25) is 10.1 Å². The van der Waals surface area contributed by atoms with E-state index in [1.165, 1.54) is 16.0 Å². The molecule has 0 amide bonds. The van der Waals surface area contributed by atoms with Gasteiger partial charge in [0.1, 0.15) is 5.69 Å². The van der Waals surface area contributed by atoms with E-state index in [1.54, 1.807) is 11.6 Å². The molecule has 0 bridgehead atoms. The second kappa shape index (κ2) is 4.42. The van der Waals surface area contributed by atoms with Crippen LogP contribution in [0, 0.1) is 10.1 Å². The highest BCUT2D eigenvalue weighted by Gasteiger charge is 2.29. The summed E-state index contributed by atoms with van der Waals surface area (Å²) in [5.41, 5.74) is 0.229. The van der Waals surface area contributed by atoms with Gasteiger partial charge in [-0.15, -0.1) is 11.3 Å². The Kier molecular flexibility index (Phi) is 3.12. The van der Waals surface area contributed by atoms with Crippen molar-refractivity contribution in [3.63, 3.8) is 0 Å². The highest BCUT2D eigenvalue weighted by atomic mass is 35.5. The number of hydrogen-bond donors (Lipinski definition) is 0. The third-order valence-corrected chi connectivity index (χ3v) is 3.25. The molecule has 0 aliphatic heterocycles. The van der Waals surface area contributed by atoms with Crippen molar-refractivity contribution in [1.82, 2.24) is 14.8 Å². The van der Waals surface area contributed by atoms with Crippen molar-refractivity contribution in [2.75, 3.05) is 0 Å². The number of hydrogen-bond acceptors (Lipinski definition) is 5. The highest BCUT2D eigenvalue weighted by Crippen LogP contribution is 2.34. The fourth-order valence-electron chi connectivity index (χ4n) is 1.41.